The molecular formula is C18H18N2O4S. The van der Waals surface area contributed by atoms with E-state index >= 15 is 0 Å². The Labute approximate surface area is 147 Å². The molecule has 0 aliphatic carbocycles. The fraction of sp³-hybridized carbons (Fsp3) is 0.222. The summed E-state index contributed by atoms with van der Waals surface area (Å²) >= 11 is 0. The molecule has 0 radical (unpaired) electrons. The summed E-state index contributed by atoms with van der Waals surface area (Å²) in [5.74, 6) is 0.134. The number of sulfone groups is 1. The highest BCUT2D eigenvalue weighted by Gasteiger charge is 2.16. The molecule has 7 heteroatoms. The van der Waals surface area contributed by atoms with Crippen LogP contribution < -0.4 is 10.1 Å². The van der Waals surface area contributed by atoms with E-state index in [0.717, 1.165) is 0 Å². The van der Waals surface area contributed by atoms with Gasteiger partial charge in [0.1, 0.15) is 5.75 Å². The van der Waals surface area contributed by atoms with Gasteiger partial charge in [0, 0.05) is 5.69 Å². The van der Waals surface area contributed by atoms with Gasteiger partial charge in [-0.2, -0.15) is 5.26 Å². The standard InChI is InChI=1S/C18H18N2O4S/c1-3-25(22,23)17-10-6-15(7-11-17)20-18(21)13(2)24-16-8-4-14(12-19)5-9-16/h4-11,13H,3H2,1-2H3,(H,20,21). The van der Waals surface area contributed by atoms with Crippen LogP contribution in [-0.2, 0) is 14.6 Å². The van der Waals surface area contributed by atoms with Crippen LogP contribution in [0.3, 0.4) is 0 Å². The lowest BCUT2D eigenvalue weighted by atomic mass is 10.2. The zero-order valence-corrected chi connectivity index (χ0v) is 14.7. The van der Waals surface area contributed by atoms with Gasteiger partial charge in [-0.25, -0.2) is 8.42 Å². The Kier molecular flexibility index (Phi) is 5.78. The Morgan fingerprint density at radius 2 is 1.76 bits per heavy atom. The molecule has 6 nitrogen and oxygen atoms in total. The summed E-state index contributed by atoms with van der Waals surface area (Å²) in [6.07, 6.45) is -0.757. The minimum atomic E-state index is -3.27. The summed E-state index contributed by atoms with van der Waals surface area (Å²) in [5, 5.41) is 11.4. The van der Waals surface area contributed by atoms with Crippen molar-refractivity contribution in [3.63, 3.8) is 0 Å². The Hall–Kier alpha value is -2.85. The number of ether oxygens (including phenoxy) is 1. The van der Waals surface area contributed by atoms with Crippen molar-refractivity contribution in [2.24, 2.45) is 0 Å². The first-order valence-corrected chi connectivity index (χ1v) is 9.31. The van der Waals surface area contributed by atoms with Gasteiger partial charge in [0.25, 0.3) is 5.91 Å². The Bertz CT molecular complexity index is 882. The predicted molar refractivity (Wildman–Crippen MR) is 94.0 cm³/mol. The largest absolute Gasteiger partial charge is 0.481 e. The third-order valence-electron chi connectivity index (χ3n) is 3.53. The van der Waals surface area contributed by atoms with Gasteiger partial charge in [0.2, 0.25) is 0 Å². The summed E-state index contributed by atoms with van der Waals surface area (Å²) in [6, 6.07) is 14.4. The molecule has 0 aromatic heterocycles. The molecule has 0 aliphatic heterocycles. The number of rotatable bonds is 6. The van der Waals surface area contributed by atoms with Crippen LogP contribution in [0.15, 0.2) is 53.4 Å². The molecule has 1 N–H and O–H groups in total. The number of carbonyl (C=O) groups excluding carboxylic acids is 1. The lowest BCUT2D eigenvalue weighted by Gasteiger charge is -2.15. The molecule has 2 aromatic carbocycles. The quantitative estimate of drug-likeness (QED) is 0.856. The van der Waals surface area contributed by atoms with Crippen LogP contribution in [0.5, 0.6) is 5.75 Å². The van der Waals surface area contributed by atoms with E-state index in [2.05, 4.69) is 5.32 Å². The smallest absolute Gasteiger partial charge is 0.265 e. The van der Waals surface area contributed by atoms with Crippen molar-refractivity contribution in [3.05, 3.63) is 54.1 Å². The monoisotopic (exact) mass is 358 g/mol. The maximum Gasteiger partial charge on any atom is 0.265 e. The zero-order chi connectivity index (χ0) is 18.4. The molecule has 130 valence electrons. The number of hydrogen-bond acceptors (Lipinski definition) is 5. The molecule has 0 fully saturated rings. The first kappa shape index (κ1) is 18.5. The van der Waals surface area contributed by atoms with Crippen LogP contribution in [0.4, 0.5) is 5.69 Å². The van der Waals surface area contributed by atoms with Crippen LogP contribution >= 0.6 is 0 Å². The Morgan fingerprint density at radius 3 is 2.28 bits per heavy atom. The third kappa shape index (κ3) is 4.81. The number of hydrogen-bond donors (Lipinski definition) is 1. The van der Waals surface area contributed by atoms with E-state index in [-0.39, 0.29) is 16.6 Å². The highest BCUT2D eigenvalue weighted by Crippen LogP contribution is 2.17. The minimum absolute atomic E-state index is 0.0220. The molecular weight excluding hydrogens is 340 g/mol. The molecule has 0 bridgehead atoms. The predicted octanol–water partition coefficient (Wildman–Crippen LogP) is 2.76. The molecule has 0 spiro atoms. The van der Waals surface area contributed by atoms with Gasteiger partial charge in [0.15, 0.2) is 15.9 Å². The zero-order valence-electron chi connectivity index (χ0n) is 13.9. The molecule has 2 rings (SSSR count). The first-order chi connectivity index (χ1) is 11.9. The highest BCUT2D eigenvalue weighted by atomic mass is 32.2. The van der Waals surface area contributed by atoms with Gasteiger partial charge in [-0.3, -0.25) is 4.79 Å². The lowest BCUT2D eigenvalue weighted by molar-refractivity contribution is -0.122. The average Bonchev–Trinajstić information content (AvgIpc) is 2.62. The van der Waals surface area contributed by atoms with E-state index in [9.17, 15) is 13.2 Å². The van der Waals surface area contributed by atoms with Crippen molar-refractivity contribution in [2.75, 3.05) is 11.1 Å². The van der Waals surface area contributed by atoms with Gasteiger partial charge in [-0.1, -0.05) is 6.92 Å². The van der Waals surface area contributed by atoms with Crippen molar-refractivity contribution in [1.82, 2.24) is 0 Å². The fourth-order valence-electron chi connectivity index (χ4n) is 2.02. The molecule has 0 saturated carbocycles. The average molecular weight is 358 g/mol. The van der Waals surface area contributed by atoms with Crippen LogP contribution in [0.25, 0.3) is 0 Å². The number of benzene rings is 2. The van der Waals surface area contributed by atoms with Gasteiger partial charge in [0.05, 0.1) is 22.3 Å². The fourth-order valence-corrected chi connectivity index (χ4v) is 2.91. The molecule has 2 aromatic rings. The molecule has 0 heterocycles. The topological polar surface area (TPSA) is 96.3 Å². The number of amides is 1. The molecule has 1 amide bonds. The van der Waals surface area contributed by atoms with Crippen molar-refractivity contribution in [2.45, 2.75) is 24.8 Å². The summed E-state index contributed by atoms with van der Waals surface area (Å²) < 4.78 is 29.1. The van der Waals surface area contributed by atoms with Crippen molar-refractivity contribution in [1.29, 1.82) is 5.26 Å². The number of carbonyl (C=O) groups is 1. The molecule has 1 unspecified atom stereocenters. The van der Waals surface area contributed by atoms with Crippen molar-refractivity contribution in [3.8, 4) is 11.8 Å². The Morgan fingerprint density at radius 1 is 1.16 bits per heavy atom. The number of nitrogens with one attached hydrogen (secondary N) is 1. The number of nitrogens with zero attached hydrogens (tertiary/aromatic N) is 1. The van der Waals surface area contributed by atoms with Crippen LogP contribution in [0.1, 0.15) is 19.4 Å². The second-order valence-corrected chi connectivity index (χ2v) is 7.59. The SMILES string of the molecule is CCS(=O)(=O)c1ccc(NC(=O)C(C)Oc2ccc(C#N)cc2)cc1. The molecule has 0 aliphatic rings. The van der Waals surface area contributed by atoms with Gasteiger partial charge in [-0.15, -0.1) is 0 Å². The van der Waals surface area contributed by atoms with Crippen LogP contribution in [-0.4, -0.2) is 26.2 Å². The van der Waals surface area contributed by atoms with Crippen molar-refractivity contribution < 1.29 is 17.9 Å². The number of anilines is 1. The highest BCUT2D eigenvalue weighted by molar-refractivity contribution is 7.91. The van der Waals surface area contributed by atoms with E-state index in [1.54, 1.807) is 38.1 Å². The molecule has 25 heavy (non-hydrogen) atoms. The maximum atomic E-state index is 12.2. The van der Waals surface area contributed by atoms with Gasteiger partial charge < -0.3 is 10.1 Å². The van der Waals surface area contributed by atoms with E-state index in [1.807, 2.05) is 6.07 Å². The van der Waals surface area contributed by atoms with E-state index < -0.39 is 15.9 Å². The molecule has 1 atom stereocenters. The van der Waals surface area contributed by atoms with Crippen molar-refractivity contribution >= 4 is 21.4 Å². The van der Waals surface area contributed by atoms with Gasteiger partial charge in [-0.05, 0) is 55.5 Å². The second-order valence-electron chi connectivity index (χ2n) is 5.31. The van der Waals surface area contributed by atoms with E-state index in [1.165, 1.54) is 24.3 Å². The van der Waals surface area contributed by atoms with Gasteiger partial charge >= 0.3 is 0 Å². The summed E-state index contributed by atoms with van der Waals surface area (Å²) in [4.78, 5) is 12.4. The maximum absolute atomic E-state index is 12.2. The summed E-state index contributed by atoms with van der Waals surface area (Å²) in [7, 11) is -3.27. The third-order valence-corrected chi connectivity index (χ3v) is 5.28. The first-order valence-electron chi connectivity index (χ1n) is 7.66. The Balaban J connectivity index is 1.99. The minimum Gasteiger partial charge on any atom is -0.481 e. The molecule has 0 saturated heterocycles. The van der Waals surface area contributed by atoms with Crippen LogP contribution in [0.2, 0.25) is 0 Å². The number of nitriles is 1. The van der Waals surface area contributed by atoms with E-state index in [0.29, 0.717) is 17.0 Å². The normalized spacial score (nSPS) is 12.0. The lowest BCUT2D eigenvalue weighted by Crippen LogP contribution is -2.30. The van der Waals surface area contributed by atoms with E-state index in [4.69, 9.17) is 10.00 Å². The van der Waals surface area contributed by atoms with Crippen LogP contribution in [0, 0.1) is 11.3 Å². The summed E-state index contributed by atoms with van der Waals surface area (Å²) in [6.45, 7) is 3.18. The summed E-state index contributed by atoms with van der Waals surface area (Å²) in [5.41, 5.74) is 0.988. The second kappa shape index (κ2) is 7.81.